The van der Waals surface area contributed by atoms with Crippen molar-refractivity contribution in [2.45, 2.75) is 38.9 Å². The normalized spacial score (nSPS) is 19.2. The van der Waals surface area contributed by atoms with Crippen LogP contribution in [0.1, 0.15) is 28.8 Å². The first-order chi connectivity index (χ1) is 14.7. The van der Waals surface area contributed by atoms with Crippen molar-refractivity contribution in [1.82, 2.24) is 20.5 Å². The number of aromatic nitrogens is 1. The summed E-state index contributed by atoms with van der Waals surface area (Å²) >= 11 is 0. The molecule has 162 valence electrons. The Bertz CT molecular complexity index is 817. The third-order valence-electron chi connectivity index (χ3n) is 6.39. The van der Waals surface area contributed by atoms with E-state index >= 15 is 0 Å². The summed E-state index contributed by atoms with van der Waals surface area (Å²) in [5.41, 5.74) is 12.7. The number of hydrogen-bond acceptors (Lipinski definition) is 6. The molecule has 1 aromatic carbocycles. The van der Waals surface area contributed by atoms with Gasteiger partial charge in [-0.25, -0.2) is 0 Å². The average molecular weight is 409 g/mol. The predicted octanol–water partition coefficient (Wildman–Crippen LogP) is 1.66. The number of anilines is 1. The molecule has 0 unspecified atom stereocenters. The van der Waals surface area contributed by atoms with E-state index < -0.39 is 0 Å². The van der Waals surface area contributed by atoms with Crippen LogP contribution in [0, 0.1) is 6.92 Å². The van der Waals surface area contributed by atoms with Crippen LogP contribution in [0.25, 0.3) is 0 Å². The van der Waals surface area contributed by atoms with Crippen LogP contribution in [0.4, 0.5) is 5.69 Å². The van der Waals surface area contributed by atoms with Crippen LogP contribution in [0.15, 0.2) is 36.5 Å². The lowest BCUT2D eigenvalue weighted by Gasteiger charge is -2.36. The quantitative estimate of drug-likeness (QED) is 0.617. The van der Waals surface area contributed by atoms with Crippen LogP contribution in [-0.2, 0) is 19.5 Å². The van der Waals surface area contributed by atoms with Crippen LogP contribution >= 0.6 is 0 Å². The van der Waals surface area contributed by atoms with E-state index in [1.54, 1.807) is 0 Å². The van der Waals surface area contributed by atoms with Crippen molar-refractivity contribution in [3.05, 3.63) is 58.9 Å². The summed E-state index contributed by atoms with van der Waals surface area (Å²) in [7, 11) is 0. The Labute approximate surface area is 180 Å². The maximum absolute atomic E-state index is 5.83. The zero-order valence-corrected chi connectivity index (χ0v) is 18.2. The molecule has 1 aromatic heterocycles. The van der Waals surface area contributed by atoms with Crippen molar-refractivity contribution in [3.8, 4) is 0 Å². The SMILES string of the molecule is Cc1cccnc1CN(CCCN)C[C@H]1Cc2c(cccc2N2CCNCC2)CN1. The van der Waals surface area contributed by atoms with Gasteiger partial charge in [-0.15, -0.1) is 0 Å². The highest BCUT2D eigenvalue weighted by Gasteiger charge is 2.25. The number of hydrogen-bond donors (Lipinski definition) is 3. The fourth-order valence-electron chi connectivity index (χ4n) is 4.68. The molecule has 1 fully saturated rings. The third-order valence-corrected chi connectivity index (χ3v) is 6.39. The number of fused-ring (bicyclic) bond motifs is 1. The van der Waals surface area contributed by atoms with Crippen LogP contribution < -0.4 is 21.3 Å². The number of nitrogens with two attached hydrogens (primary N) is 1. The molecule has 2 aliphatic rings. The molecule has 0 radical (unpaired) electrons. The Hall–Kier alpha value is -1.99. The molecule has 30 heavy (non-hydrogen) atoms. The molecule has 0 aliphatic carbocycles. The highest BCUT2D eigenvalue weighted by Crippen LogP contribution is 2.29. The molecule has 0 spiro atoms. The lowest BCUT2D eigenvalue weighted by Crippen LogP contribution is -2.47. The Morgan fingerprint density at radius 3 is 2.87 bits per heavy atom. The number of pyridine rings is 1. The largest absolute Gasteiger partial charge is 0.369 e. The number of benzene rings is 1. The molecule has 6 nitrogen and oxygen atoms in total. The zero-order valence-electron chi connectivity index (χ0n) is 18.2. The molecule has 0 saturated carbocycles. The first-order valence-corrected chi connectivity index (χ1v) is 11.4. The van der Waals surface area contributed by atoms with E-state index in [4.69, 9.17) is 5.73 Å². The van der Waals surface area contributed by atoms with Gasteiger partial charge in [-0.2, -0.15) is 0 Å². The molecule has 0 bridgehead atoms. The first kappa shape index (κ1) is 21.2. The fraction of sp³-hybridized carbons (Fsp3) is 0.542. The summed E-state index contributed by atoms with van der Waals surface area (Å²) in [5, 5.41) is 7.26. The summed E-state index contributed by atoms with van der Waals surface area (Å²) < 4.78 is 0. The number of rotatable bonds is 8. The van der Waals surface area contributed by atoms with E-state index in [0.717, 1.165) is 71.7 Å². The molecular formula is C24H36N6. The van der Waals surface area contributed by atoms with Crippen molar-refractivity contribution in [2.75, 3.05) is 50.7 Å². The van der Waals surface area contributed by atoms with Crippen molar-refractivity contribution < 1.29 is 0 Å². The van der Waals surface area contributed by atoms with Crippen LogP contribution in [0.3, 0.4) is 0 Å². The Kier molecular flexibility index (Phi) is 7.33. The summed E-state index contributed by atoms with van der Waals surface area (Å²) in [4.78, 5) is 9.71. The molecule has 6 heteroatoms. The van der Waals surface area contributed by atoms with Gasteiger partial charge in [-0.05, 0) is 61.7 Å². The van der Waals surface area contributed by atoms with Gasteiger partial charge in [0.1, 0.15) is 0 Å². The number of nitrogens with zero attached hydrogens (tertiary/aromatic N) is 3. The van der Waals surface area contributed by atoms with Crippen molar-refractivity contribution in [3.63, 3.8) is 0 Å². The van der Waals surface area contributed by atoms with E-state index in [2.05, 4.69) is 56.6 Å². The summed E-state index contributed by atoms with van der Waals surface area (Å²) in [6.07, 6.45) is 4.00. The van der Waals surface area contributed by atoms with Crippen molar-refractivity contribution >= 4 is 5.69 Å². The fourth-order valence-corrected chi connectivity index (χ4v) is 4.68. The molecule has 3 heterocycles. The second-order valence-electron chi connectivity index (χ2n) is 8.58. The third kappa shape index (κ3) is 5.19. The van der Waals surface area contributed by atoms with Gasteiger partial charge in [-0.3, -0.25) is 9.88 Å². The highest BCUT2D eigenvalue weighted by molar-refractivity contribution is 5.58. The van der Waals surface area contributed by atoms with E-state index in [9.17, 15) is 0 Å². The van der Waals surface area contributed by atoms with Gasteiger partial charge in [0, 0.05) is 63.7 Å². The Balaban J connectivity index is 1.47. The maximum atomic E-state index is 5.83. The number of nitrogens with one attached hydrogen (secondary N) is 2. The molecular weight excluding hydrogens is 372 g/mol. The van der Waals surface area contributed by atoms with Crippen molar-refractivity contribution in [1.29, 1.82) is 0 Å². The summed E-state index contributed by atoms with van der Waals surface area (Å²) in [5.74, 6) is 0. The lowest BCUT2D eigenvalue weighted by atomic mass is 9.93. The molecule has 4 N–H and O–H groups in total. The van der Waals surface area contributed by atoms with Gasteiger partial charge < -0.3 is 21.3 Å². The summed E-state index contributed by atoms with van der Waals surface area (Å²) in [6, 6.07) is 11.4. The van der Waals surface area contributed by atoms with Gasteiger partial charge in [-0.1, -0.05) is 18.2 Å². The molecule has 2 aliphatic heterocycles. The lowest BCUT2D eigenvalue weighted by molar-refractivity contribution is 0.224. The maximum Gasteiger partial charge on any atom is 0.0573 e. The smallest absolute Gasteiger partial charge is 0.0573 e. The van der Waals surface area contributed by atoms with Gasteiger partial charge in [0.25, 0.3) is 0 Å². The van der Waals surface area contributed by atoms with Crippen LogP contribution in [0.5, 0.6) is 0 Å². The second kappa shape index (κ2) is 10.4. The molecule has 4 rings (SSSR count). The van der Waals surface area contributed by atoms with Gasteiger partial charge in [0.15, 0.2) is 0 Å². The predicted molar refractivity (Wildman–Crippen MR) is 124 cm³/mol. The molecule has 1 atom stereocenters. The summed E-state index contributed by atoms with van der Waals surface area (Å²) in [6.45, 7) is 11.1. The number of piperazine rings is 1. The molecule has 1 saturated heterocycles. The van der Waals surface area contributed by atoms with E-state index in [1.165, 1.54) is 28.1 Å². The zero-order chi connectivity index (χ0) is 20.8. The van der Waals surface area contributed by atoms with E-state index in [0.29, 0.717) is 6.04 Å². The molecule has 2 aromatic rings. The van der Waals surface area contributed by atoms with Gasteiger partial charge in [0.2, 0.25) is 0 Å². The first-order valence-electron chi connectivity index (χ1n) is 11.4. The Morgan fingerprint density at radius 2 is 2.07 bits per heavy atom. The van der Waals surface area contributed by atoms with Gasteiger partial charge in [0.05, 0.1) is 5.69 Å². The van der Waals surface area contributed by atoms with Crippen LogP contribution in [0.2, 0.25) is 0 Å². The van der Waals surface area contributed by atoms with Gasteiger partial charge >= 0.3 is 0 Å². The average Bonchev–Trinajstić information content (AvgIpc) is 2.79. The molecule has 0 amide bonds. The topological polar surface area (TPSA) is 69.5 Å². The van der Waals surface area contributed by atoms with Crippen molar-refractivity contribution in [2.24, 2.45) is 5.73 Å². The minimum Gasteiger partial charge on any atom is -0.369 e. The Morgan fingerprint density at radius 1 is 1.20 bits per heavy atom. The van der Waals surface area contributed by atoms with E-state index in [1.807, 2.05) is 12.3 Å². The minimum absolute atomic E-state index is 0.448. The standard InChI is InChI=1S/C24H36N6/c1-19-5-3-9-27-23(19)18-29(12-4-8-25)17-21-15-22-20(16-28-21)6-2-7-24(22)30-13-10-26-11-14-30/h2-3,5-7,9,21,26,28H,4,8,10-18,25H2,1H3/t21-/m1/s1. The minimum atomic E-state index is 0.448. The number of aryl methyl sites for hydroxylation is 1. The monoisotopic (exact) mass is 408 g/mol. The second-order valence-corrected chi connectivity index (χ2v) is 8.58. The highest BCUT2D eigenvalue weighted by atomic mass is 15.2. The van der Waals surface area contributed by atoms with Crippen LogP contribution in [-0.4, -0.2) is 61.7 Å². The van der Waals surface area contributed by atoms with E-state index in [-0.39, 0.29) is 0 Å².